The Morgan fingerprint density at radius 2 is 2.37 bits per heavy atom. The number of hydrogen-bond acceptors (Lipinski definition) is 4. The van der Waals surface area contributed by atoms with Crippen molar-refractivity contribution in [1.29, 1.82) is 0 Å². The van der Waals surface area contributed by atoms with Crippen LogP contribution in [0.1, 0.15) is 20.3 Å². The van der Waals surface area contributed by atoms with Crippen LogP contribution >= 0.6 is 11.8 Å². The molecule has 0 aromatic rings. The molecule has 2 aliphatic rings. The number of carbonyl (C=O) groups is 1. The van der Waals surface area contributed by atoms with Crippen molar-refractivity contribution < 1.29 is 9.53 Å². The molecule has 0 aromatic heterocycles. The predicted octanol–water partition coefficient (Wildman–Crippen LogP) is 0.611. The van der Waals surface area contributed by atoms with Gasteiger partial charge in [0.1, 0.15) is 5.54 Å². The zero-order valence-electron chi connectivity index (χ0n) is 11.6. The van der Waals surface area contributed by atoms with Gasteiger partial charge in [0, 0.05) is 30.2 Å². The summed E-state index contributed by atoms with van der Waals surface area (Å²) in [6, 6.07) is 0. The van der Waals surface area contributed by atoms with Crippen LogP contribution < -0.4 is 11.1 Å². The summed E-state index contributed by atoms with van der Waals surface area (Å²) >= 11 is 1.63. The molecule has 0 aromatic carbocycles. The van der Waals surface area contributed by atoms with Crippen molar-refractivity contribution >= 4 is 17.7 Å². The molecule has 1 aliphatic heterocycles. The van der Waals surface area contributed by atoms with Gasteiger partial charge in [-0.3, -0.25) is 4.79 Å². The Hall–Kier alpha value is -0.700. The summed E-state index contributed by atoms with van der Waals surface area (Å²) in [6.45, 7) is 5.36. The van der Waals surface area contributed by atoms with Gasteiger partial charge in [0.25, 0.3) is 0 Å². The lowest BCUT2D eigenvalue weighted by Gasteiger charge is -2.60. The molecule has 0 bridgehead atoms. The van der Waals surface area contributed by atoms with Gasteiger partial charge in [0.05, 0.1) is 11.9 Å². The molecule has 1 amide bonds. The molecule has 106 valence electrons. The van der Waals surface area contributed by atoms with Gasteiger partial charge in [-0.2, -0.15) is 0 Å². The maximum absolute atomic E-state index is 12.4. The van der Waals surface area contributed by atoms with Crippen molar-refractivity contribution in [2.75, 3.05) is 24.7 Å². The summed E-state index contributed by atoms with van der Waals surface area (Å²) in [5.41, 5.74) is 5.32. The monoisotopic (exact) mass is 282 g/mol. The summed E-state index contributed by atoms with van der Waals surface area (Å²) in [4.78, 5) is 12.4. The van der Waals surface area contributed by atoms with Gasteiger partial charge in [-0.15, -0.1) is 18.2 Å². The van der Waals surface area contributed by atoms with E-state index in [-0.39, 0.29) is 23.3 Å². The number of rotatable bonds is 5. The van der Waals surface area contributed by atoms with Gasteiger partial charge in [-0.25, -0.2) is 0 Å². The average molecular weight is 282 g/mol. The van der Waals surface area contributed by atoms with Gasteiger partial charge in [0.2, 0.25) is 5.91 Å². The maximum atomic E-state index is 12.4. The molecular formula is C14H22N2O2S. The van der Waals surface area contributed by atoms with Crippen molar-refractivity contribution in [1.82, 2.24) is 5.32 Å². The predicted molar refractivity (Wildman–Crippen MR) is 77.7 cm³/mol. The van der Waals surface area contributed by atoms with Gasteiger partial charge in [-0.1, -0.05) is 19.8 Å². The molecule has 0 radical (unpaired) electrons. The summed E-state index contributed by atoms with van der Waals surface area (Å²) in [6.07, 6.45) is 6.18. The van der Waals surface area contributed by atoms with E-state index in [9.17, 15) is 4.79 Å². The van der Waals surface area contributed by atoms with Gasteiger partial charge in [0.15, 0.2) is 0 Å². The highest BCUT2D eigenvalue weighted by Gasteiger charge is 2.71. The van der Waals surface area contributed by atoms with Crippen LogP contribution in [0.2, 0.25) is 0 Å². The fourth-order valence-corrected chi connectivity index (χ4v) is 3.87. The molecule has 3 atom stereocenters. The second kappa shape index (κ2) is 5.35. The van der Waals surface area contributed by atoms with Crippen LogP contribution in [0.15, 0.2) is 0 Å². The van der Waals surface area contributed by atoms with E-state index in [0.717, 1.165) is 12.2 Å². The number of carbonyl (C=O) groups excluding carboxylic acids is 1. The van der Waals surface area contributed by atoms with Crippen LogP contribution in [0.4, 0.5) is 0 Å². The zero-order valence-corrected chi connectivity index (χ0v) is 12.4. The van der Waals surface area contributed by atoms with Crippen LogP contribution in [-0.2, 0) is 9.53 Å². The molecule has 2 rings (SSSR count). The largest absolute Gasteiger partial charge is 0.377 e. The Morgan fingerprint density at radius 1 is 1.63 bits per heavy atom. The number of hydrogen-bond donors (Lipinski definition) is 2. The van der Waals surface area contributed by atoms with Gasteiger partial charge >= 0.3 is 0 Å². The molecule has 4 nitrogen and oxygen atoms in total. The van der Waals surface area contributed by atoms with E-state index >= 15 is 0 Å². The Balaban J connectivity index is 1.89. The first-order valence-corrected chi connectivity index (χ1v) is 7.81. The van der Waals surface area contributed by atoms with Crippen molar-refractivity contribution in [2.45, 2.75) is 31.9 Å². The van der Waals surface area contributed by atoms with Gasteiger partial charge in [-0.05, 0) is 6.42 Å². The van der Waals surface area contributed by atoms with E-state index in [1.165, 1.54) is 0 Å². The van der Waals surface area contributed by atoms with E-state index in [0.29, 0.717) is 18.9 Å². The maximum Gasteiger partial charge on any atom is 0.241 e. The number of nitrogens with two attached hydrogens (primary N) is 1. The van der Waals surface area contributed by atoms with Crippen LogP contribution in [0.25, 0.3) is 0 Å². The SMILES string of the molecule is C#CCSCCNC(=O)C1(N)C2CCOC2C1(C)C. The average Bonchev–Trinajstić information content (AvgIpc) is 2.85. The second-order valence-electron chi connectivity index (χ2n) is 5.79. The number of terminal acetylenes is 1. The minimum Gasteiger partial charge on any atom is -0.377 e. The molecule has 1 heterocycles. The first kappa shape index (κ1) is 14.7. The molecule has 1 aliphatic carbocycles. The minimum atomic E-state index is -0.801. The number of fused-ring (bicyclic) bond motifs is 1. The van der Waals surface area contributed by atoms with E-state index in [1.54, 1.807) is 11.8 Å². The van der Waals surface area contributed by atoms with E-state index < -0.39 is 5.54 Å². The van der Waals surface area contributed by atoms with Crippen molar-refractivity contribution in [2.24, 2.45) is 17.1 Å². The molecule has 2 fully saturated rings. The Bertz CT molecular complexity index is 405. The number of nitrogens with one attached hydrogen (secondary N) is 1. The minimum absolute atomic E-state index is 0.0504. The third kappa shape index (κ3) is 2.16. The summed E-state index contributed by atoms with van der Waals surface area (Å²) in [7, 11) is 0. The molecule has 0 spiro atoms. The fraction of sp³-hybridized carbons (Fsp3) is 0.786. The number of thioether (sulfide) groups is 1. The highest BCUT2D eigenvalue weighted by atomic mass is 32.2. The lowest BCUT2D eigenvalue weighted by atomic mass is 9.48. The lowest BCUT2D eigenvalue weighted by Crippen LogP contribution is -2.80. The van der Waals surface area contributed by atoms with Gasteiger partial charge < -0.3 is 15.8 Å². The normalized spacial score (nSPS) is 35.1. The fourth-order valence-electron chi connectivity index (χ4n) is 3.36. The first-order chi connectivity index (χ1) is 8.96. The summed E-state index contributed by atoms with van der Waals surface area (Å²) in [5.74, 6) is 4.15. The molecule has 1 saturated carbocycles. The van der Waals surface area contributed by atoms with E-state index in [2.05, 4.69) is 11.2 Å². The third-order valence-corrected chi connectivity index (χ3v) is 5.41. The number of ether oxygens (including phenoxy) is 1. The van der Waals surface area contributed by atoms with Crippen molar-refractivity contribution in [3.63, 3.8) is 0 Å². The van der Waals surface area contributed by atoms with Crippen LogP contribution in [0.3, 0.4) is 0 Å². The Kier molecular flexibility index (Phi) is 4.14. The first-order valence-electron chi connectivity index (χ1n) is 6.66. The molecule has 5 heteroatoms. The standard InChI is InChI=1S/C14H22N2O2S/c1-4-8-19-9-6-16-12(17)14(15)10-5-7-18-11(10)13(14,2)3/h1,10-11H,5-9,15H2,2-3H3,(H,16,17). The molecule has 1 saturated heterocycles. The highest BCUT2D eigenvalue weighted by molar-refractivity contribution is 7.99. The summed E-state index contributed by atoms with van der Waals surface area (Å²) in [5, 5.41) is 2.94. The van der Waals surface area contributed by atoms with Crippen molar-refractivity contribution in [3.8, 4) is 12.3 Å². The third-order valence-electron chi connectivity index (χ3n) is 4.55. The Morgan fingerprint density at radius 3 is 3.05 bits per heavy atom. The molecule has 19 heavy (non-hydrogen) atoms. The van der Waals surface area contributed by atoms with Crippen LogP contribution in [-0.4, -0.2) is 42.2 Å². The molecule has 3 unspecified atom stereocenters. The van der Waals surface area contributed by atoms with Crippen LogP contribution in [0.5, 0.6) is 0 Å². The quantitative estimate of drug-likeness (QED) is 0.573. The summed E-state index contributed by atoms with van der Waals surface area (Å²) < 4.78 is 5.68. The Labute approximate surface area is 119 Å². The van der Waals surface area contributed by atoms with E-state index in [1.807, 2.05) is 13.8 Å². The smallest absolute Gasteiger partial charge is 0.241 e. The molecule has 3 N–H and O–H groups in total. The zero-order chi connectivity index (χ0) is 14.1. The highest BCUT2D eigenvalue weighted by Crippen LogP contribution is 2.58. The topological polar surface area (TPSA) is 64.4 Å². The number of amides is 1. The van der Waals surface area contributed by atoms with Crippen molar-refractivity contribution in [3.05, 3.63) is 0 Å². The van der Waals surface area contributed by atoms with E-state index in [4.69, 9.17) is 16.9 Å². The lowest BCUT2D eigenvalue weighted by molar-refractivity contribution is -0.175. The molecular weight excluding hydrogens is 260 g/mol. The van der Waals surface area contributed by atoms with Crippen LogP contribution in [0, 0.1) is 23.7 Å². The second-order valence-corrected chi connectivity index (χ2v) is 6.90.